The molecule has 48 heavy (non-hydrogen) atoms. The molecule has 3 unspecified atom stereocenters. The summed E-state index contributed by atoms with van der Waals surface area (Å²) in [5.41, 5.74) is -0.306. The summed E-state index contributed by atoms with van der Waals surface area (Å²) in [5, 5.41) is 11.3. The monoisotopic (exact) mass is 667 g/mol. The highest BCUT2D eigenvalue weighted by atomic mass is 35.5. The Labute approximate surface area is 287 Å². The number of anilines is 2. The first-order valence-electron chi connectivity index (χ1n) is 16.4. The Balaban J connectivity index is 1.51. The smallest absolute Gasteiger partial charge is 0.253 e. The number of aliphatic hydroxyl groups is 1. The molecule has 0 aliphatic carbocycles. The molecule has 3 aromatic carbocycles. The average Bonchev–Trinajstić information content (AvgIpc) is 3.62. The maximum absolute atomic E-state index is 15.1. The molecule has 250 valence electrons. The topological polar surface area (TPSA) is 90.4 Å². The number of likely N-dealkylation sites (tertiary alicyclic amines) is 1. The van der Waals surface area contributed by atoms with Crippen LogP contribution in [0.15, 0.2) is 110 Å². The summed E-state index contributed by atoms with van der Waals surface area (Å²) in [6, 6.07) is 24.0. The number of ether oxygens (including phenoxy) is 1. The molecule has 3 fully saturated rings. The van der Waals surface area contributed by atoms with Crippen molar-refractivity contribution in [1.82, 2.24) is 4.90 Å². The lowest BCUT2D eigenvalue weighted by atomic mass is 9.62. The van der Waals surface area contributed by atoms with E-state index in [9.17, 15) is 9.90 Å². The first-order valence-corrected chi connectivity index (χ1v) is 16.8. The molecular weight excluding hydrogens is 626 g/mol. The molecule has 3 amide bonds. The second kappa shape index (κ2) is 13.3. The number of hydrogen-bond donors (Lipinski definition) is 1. The van der Waals surface area contributed by atoms with Crippen LogP contribution in [0.3, 0.4) is 0 Å². The van der Waals surface area contributed by atoms with Crippen LogP contribution in [0, 0.1) is 17.8 Å². The van der Waals surface area contributed by atoms with Crippen LogP contribution in [0.25, 0.3) is 0 Å². The standard InChI is InChI=1S/C39H42ClN3O5/c1-5-21-41(28-17-11-8-12-18-28)35(45)32-33-36(46)43(29(25-44)23-27-15-9-7-10-16-27)34(39(33)24-26(3)38(32,4)48-39)37(47)42(22-6-2)31-20-14-13-19-30(31)40/h5-20,26,29,32-34,44H,1-2,21-25H2,3-4H3/t26?,29-,32+,33+,34?,38-,39?/m1/s1. The van der Waals surface area contributed by atoms with Crippen molar-refractivity contribution in [1.29, 1.82) is 0 Å². The highest BCUT2D eigenvalue weighted by Gasteiger charge is 2.80. The van der Waals surface area contributed by atoms with Gasteiger partial charge in [0.15, 0.2) is 0 Å². The van der Waals surface area contributed by atoms with Crippen LogP contribution in [0.5, 0.6) is 0 Å². The van der Waals surface area contributed by atoms with Gasteiger partial charge in [0, 0.05) is 18.8 Å². The van der Waals surface area contributed by atoms with Gasteiger partial charge in [-0.25, -0.2) is 0 Å². The van der Waals surface area contributed by atoms with E-state index >= 15 is 9.59 Å². The summed E-state index contributed by atoms with van der Waals surface area (Å²) in [4.78, 5) is 49.7. The van der Waals surface area contributed by atoms with Crippen LogP contribution in [-0.2, 0) is 25.5 Å². The highest BCUT2D eigenvalue weighted by Crippen LogP contribution is 2.66. The Bertz CT molecular complexity index is 1700. The quantitative estimate of drug-likeness (QED) is 0.251. The number of benzene rings is 3. The lowest BCUT2D eigenvalue weighted by Crippen LogP contribution is -2.59. The number of hydrogen-bond acceptors (Lipinski definition) is 5. The third kappa shape index (κ3) is 5.36. The summed E-state index contributed by atoms with van der Waals surface area (Å²) in [6.45, 7) is 11.7. The molecule has 2 bridgehead atoms. The molecule has 0 saturated carbocycles. The zero-order chi connectivity index (χ0) is 34.2. The number of fused-ring (bicyclic) bond motifs is 1. The predicted octanol–water partition coefficient (Wildman–Crippen LogP) is 5.69. The molecule has 0 aromatic heterocycles. The number of para-hydroxylation sites is 2. The fraction of sp³-hybridized carbons (Fsp3) is 0.359. The van der Waals surface area contributed by atoms with Gasteiger partial charge < -0.3 is 24.5 Å². The van der Waals surface area contributed by atoms with Crippen molar-refractivity contribution >= 4 is 40.7 Å². The average molecular weight is 668 g/mol. The van der Waals surface area contributed by atoms with E-state index in [1.807, 2.05) is 74.5 Å². The van der Waals surface area contributed by atoms with Crippen molar-refractivity contribution in [2.75, 3.05) is 29.5 Å². The zero-order valence-electron chi connectivity index (χ0n) is 27.4. The third-order valence-electron chi connectivity index (χ3n) is 10.5. The molecule has 3 aliphatic rings. The lowest BCUT2D eigenvalue weighted by molar-refractivity contribution is -0.149. The minimum absolute atomic E-state index is 0.126. The Kier molecular flexibility index (Phi) is 9.35. The van der Waals surface area contributed by atoms with Gasteiger partial charge in [0.05, 0.1) is 40.8 Å². The van der Waals surface area contributed by atoms with Gasteiger partial charge in [-0.2, -0.15) is 0 Å². The minimum Gasteiger partial charge on any atom is -0.394 e. The predicted molar refractivity (Wildman–Crippen MR) is 188 cm³/mol. The number of carbonyl (C=O) groups is 3. The SMILES string of the molecule is C=CCN(C(=O)[C@@H]1[C@H]2C(=O)N([C@@H](CO)Cc3ccccc3)C(C(=O)N(CC=C)c3ccccc3Cl)C23CC(C)[C@@]1(C)O3)c1ccccc1. The fourth-order valence-electron chi connectivity index (χ4n) is 8.34. The van der Waals surface area contributed by atoms with Crippen molar-refractivity contribution in [2.45, 2.75) is 50.0 Å². The van der Waals surface area contributed by atoms with E-state index in [2.05, 4.69) is 13.2 Å². The van der Waals surface area contributed by atoms with Crippen molar-refractivity contribution in [2.24, 2.45) is 17.8 Å². The molecule has 0 radical (unpaired) electrons. The summed E-state index contributed by atoms with van der Waals surface area (Å²) >= 11 is 6.65. The Morgan fingerprint density at radius 2 is 1.58 bits per heavy atom. The van der Waals surface area contributed by atoms with Crippen molar-refractivity contribution in [3.05, 3.63) is 121 Å². The van der Waals surface area contributed by atoms with E-state index in [1.165, 1.54) is 9.80 Å². The second-order valence-electron chi connectivity index (χ2n) is 13.2. The van der Waals surface area contributed by atoms with E-state index in [-0.39, 0.29) is 30.8 Å². The van der Waals surface area contributed by atoms with Crippen molar-refractivity contribution in [3.8, 4) is 0 Å². The van der Waals surface area contributed by atoms with Crippen LogP contribution < -0.4 is 9.80 Å². The van der Waals surface area contributed by atoms with Crippen LogP contribution in [0.2, 0.25) is 5.02 Å². The first-order chi connectivity index (χ1) is 23.1. The van der Waals surface area contributed by atoms with E-state index in [0.717, 1.165) is 5.56 Å². The van der Waals surface area contributed by atoms with Crippen LogP contribution in [0.1, 0.15) is 25.8 Å². The van der Waals surface area contributed by atoms with Gasteiger partial charge in [-0.1, -0.05) is 91.3 Å². The third-order valence-corrected chi connectivity index (χ3v) is 10.9. The second-order valence-corrected chi connectivity index (χ2v) is 13.6. The molecule has 3 aliphatic heterocycles. The van der Waals surface area contributed by atoms with Crippen LogP contribution in [-0.4, -0.2) is 70.7 Å². The first kappa shape index (κ1) is 33.7. The summed E-state index contributed by atoms with van der Waals surface area (Å²) < 4.78 is 7.03. The van der Waals surface area contributed by atoms with E-state index in [4.69, 9.17) is 16.3 Å². The number of halogens is 1. The minimum atomic E-state index is -1.33. The molecule has 9 heteroatoms. The Morgan fingerprint density at radius 3 is 2.21 bits per heavy atom. The largest absolute Gasteiger partial charge is 0.394 e. The fourth-order valence-corrected chi connectivity index (χ4v) is 8.58. The number of aliphatic hydroxyl groups excluding tert-OH is 1. The van der Waals surface area contributed by atoms with Gasteiger partial charge in [-0.3, -0.25) is 14.4 Å². The number of amides is 3. The molecule has 3 saturated heterocycles. The number of nitrogens with zero attached hydrogens (tertiary/aromatic N) is 3. The van der Waals surface area contributed by atoms with Gasteiger partial charge >= 0.3 is 0 Å². The Hall–Kier alpha value is -4.24. The van der Waals surface area contributed by atoms with E-state index in [1.54, 1.807) is 41.3 Å². The molecular formula is C39H42ClN3O5. The maximum Gasteiger partial charge on any atom is 0.253 e. The van der Waals surface area contributed by atoms with Gasteiger partial charge in [-0.05, 0) is 55.5 Å². The van der Waals surface area contributed by atoms with Gasteiger partial charge in [0.25, 0.3) is 5.91 Å². The number of carbonyl (C=O) groups excluding carboxylic acids is 3. The van der Waals surface area contributed by atoms with Crippen molar-refractivity contribution < 1.29 is 24.2 Å². The Morgan fingerprint density at radius 1 is 0.979 bits per heavy atom. The van der Waals surface area contributed by atoms with E-state index in [0.29, 0.717) is 29.2 Å². The molecule has 3 heterocycles. The van der Waals surface area contributed by atoms with E-state index < -0.39 is 47.6 Å². The van der Waals surface area contributed by atoms with Crippen LogP contribution in [0.4, 0.5) is 11.4 Å². The highest BCUT2D eigenvalue weighted by molar-refractivity contribution is 6.34. The summed E-state index contributed by atoms with van der Waals surface area (Å²) in [6.07, 6.45) is 3.97. The lowest BCUT2D eigenvalue weighted by Gasteiger charge is -2.39. The normalized spacial score (nSPS) is 27.8. The molecule has 8 nitrogen and oxygen atoms in total. The molecule has 1 N–H and O–H groups in total. The molecule has 7 atom stereocenters. The number of rotatable bonds is 12. The summed E-state index contributed by atoms with van der Waals surface area (Å²) in [7, 11) is 0. The van der Waals surface area contributed by atoms with Gasteiger partial charge in [0.1, 0.15) is 11.6 Å². The van der Waals surface area contributed by atoms with Gasteiger partial charge in [-0.15, -0.1) is 13.2 Å². The molecule has 6 rings (SSSR count). The summed E-state index contributed by atoms with van der Waals surface area (Å²) in [5.74, 6) is -3.05. The maximum atomic E-state index is 15.1. The van der Waals surface area contributed by atoms with Gasteiger partial charge in [0.2, 0.25) is 11.8 Å². The zero-order valence-corrected chi connectivity index (χ0v) is 28.1. The molecule has 1 spiro atoms. The van der Waals surface area contributed by atoms with Crippen molar-refractivity contribution in [3.63, 3.8) is 0 Å². The molecule has 3 aromatic rings. The van der Waals surface area contributed by atoms with Crippen LogP contribution >= 0.6 is 11.6 Å².